The fraction of sp³-hybridized carbons (Fsp3) is 0.529. The van der Waals surface area contributed by atoms with Crippen molar-refractivity contribution in [3.8, 4) is 0 Å². The number of aryl methyl sites for hydroxylation is 1. The number of hydrogen-bond donors (Lipinski definition) is 1. The number of amides is 1. The maximum Gasteiger partial charge on any atom is 0.272 e. The smallest absolute Gasteiger partial charge is 0.272 e. The highest BCUT2D eigenvalue weighted by Gasteiger charge is 2.30. The minimum atomic E-state index is 0.0197. The maximum absolute atomic E-state index is 12.8. The first-order valence-electron chi connectivity index (χ1n) is 8.35. The zero-order valence-corrected chi connectivity index (χ0v) is 13.3. The van der Waals surface area contributed by atoms with Crippen molar-refractivity contribution in [1.82, 2.24) is 25.1 Å². The Balaban J connectivity index is 1.50. The number of nitrogens with one attached hydrogen (secondary N) is 1. The van der Waals surface area contributed by atoms with Gasteiger partial charge in [0.1, 0.15) is 11.5 Å². The van der Waals surface area contributed by atoms with E-state index in [1.807, 2.05) is 11.8 Å². The Hall–Kier alpha value is -2.24. The van der Waals surface area contributed by atoms with Gasteiger partial charge in [0.25, 0.3) is 5.91 Å². The molecule has 1 aliphatic heterocycles. The molecule has 2 aromatic heterocycles. The zero-order chi connectivity index (χ0) is 15.8. The van der Waals surface area contributed by atoms with E-state index in [1.54, 1.807) is 12.3 Å². The van der Waals surface area contributed by atoms with E-state index in [0.717, 1.165) is 49.4 Å². The van der Waals surface area contributed by atoms with Crippen LogP contribution in [0.2, 0.25) is 0 Å². The lowest BCUT2D eigenvalue weighted by molar-refractivity contribution is 0.0699. The normalized spacial score (nSPS) is 21.4. The van der Waals surface area contributed by atoms with Crippen LogP contribution in [-0.4, -0.2) is 44.1 Å². The molecule has 23 heavy (non-hydrogen) atoms. The summed E-state index contributed by atoms with van der Waals surface area (Å²) in [5, 5.41) is 7.36. The Morgan fingerprint density at radius 3 is 2.91 bits per heavy atom. The van der Waals surface area contributed by atoms with E-state index in [0.29, 0.717) is 24.1 Å². The van der Waals surface area contributed by atoms with Crippen LogP contribution in [0.4, 0.5) is 0 Å². The third-order valence-corrected chi connectivity index (χ3v) is 4.69. The Morgan fingerprint density at radius 1 is 1.30 bits per heavy atom. The molecule has 0 spiro atoms. The maximum atomic E-state index is 12.8. The molecule has 0 aromatic carbocycles. The Bertz CT molecular complexity index is 721. The highest BCUT2D eigenvalue weighted by Crippen LogP contribution is 2.37. The van der Waals surface area contributed by atoms with Crippen LogP contribution >= 0.6 is 0 Å². The number of rotatable bonds is 3. The van der Waals surface area contributed by atoms with Crippen LogP contribution in [0, 0.1) is 6.92 Å². The van der Waals surface area contributed by atoms with Crippen LogP contribution in [0.25, 0.3) is 0 Å². The van der Waals surface area contributed by atoms with Gasteiger partial charge in [-0.15, -0.1) is 0 Å². The average molecular weight is 311 g/mol. The number of aromatic nitrogens is 4. The Morgan fingerprint density at radius 2 is 2.17 bits per heavy atom. The lowest BCUT2D eigenvalue weighted by Crippen LogP contribution is -2.39. The summed E-state index contributed by atoms with van der Waals surface area (Å²) in [5.74, 6) is 1.62. The molecular weight excluding hydrogens is 290 g/mol. The van der Waals surface area contributed by atoms with Crippen LogP contribution < -0.4 is 0 Å². The summed E-state index contributed by atoms with van der Waals surface area (Å²) in [5.41, 5.74) is 2.65. The molecule has 0 unspecified atom stereocenters. The second-order valence-corrected chi connectivity index (χ2v) is 6.64. The van der Waals surface area contributed by atoms with Crippen molar-refractivity contribution in [2.45, 2.75) is 44.4 Å². The zero-order valence-electron chi connectivity index (χ0n) is 13.3. The van der Waals surface area contributed by atoms with Gasteiger partial charge in [0.2, 0.25) is 0 Å². The summed E-state index contributed by atoms with van der Waals surface area (Å²) in [4.78, 5) is 23.5. The quantitative estimate of drug-likeness (QED) is 0.944. The third-order valence-electron chi connectivity index (χ3n) is 4.69. The van der Waals surface area contributed by atoms with E-state index in [4.69, 9.17) is 0 Å². The molecule has 2 aliphatic rings. The van der Waals surface area contributed by atoms with Crippen molar-refractivity contribution in [2.24, 2.45) is 0 Å². The van der Waals surface area contributed by atoms with Gasteiger partial charge in [-0.1, -0.05) is 0 Å². The summed E-state index contributed by atoms with van der Waals surface area (Å²) in [7, 11) is 0. The first kappa shape index (κ1) is 14.4. The predicted octanol–water partition coefficient (Wildman–Crippen LogP) is 2.41. The molecule has 120 valence electrons. The summed E-state index contributed by atoms with van der Waals surface area (Å²) in [6.45, 7) is 3.51. The number of carbonyl (C=O) groups is 1. The lowest BCUT2D eigenvalue weighted by Gasteiger charge is -2.31. The summed E-state index contributed by atoms with van der Waals surface area (Å²) >= 11 is 0. The molecule has 1 saturated carbocycles. The first-order chi connectivity index (χ1) is 11.2. The second kappa shape index (κ2) is 5.76. The van der Waals surface area contributed by atoms with Gasteiger partial charge in [0.15, 0.2) is 0 Å². The van der Waals surface area contributed by atoms with E-state index in [1.165, 1.54) is 0 Å². The number of hydrogen-bond acceptors (Lipinski definition) is 4. The molecule has 0 bridgehead atoms. The Kier molecular flexibility index (Phi) is 3.59. The summed E-state index contributed by atoms with van der Waals surface area (Å²) in [6.07, 6.45) is 6.07. The van der Waals surface area contributed by atoms with E-state index >= 15 is 0 Å². The number of H-pyrrole nitrogens is 1. The molecule has 6 heteroatoms. The lowest BCUT2D eigenvalue weighted by atomic mass is 9.94. The minimum Gasteiger partial charge on any atom is -0.337 e. The number of nitrogens with zero attached hydrogens (tertiary/aromatic N) is 4. The number of aromatic amines is 1. The molecule has 3 heterocycles. The summed E-state index contributed by atoms with van der Waals surface area (Å²) < 4.78 is 0. The molecule has 6 nitrogen and oxygen atoms in total. The molecule has 1 N–H and O–H groups in total. The second-order valence-electron chi connectivity index (χ2n) is 6.64. The molecule has 1 aliphatic carbocycles. The van der Waals surface area contributed by atoms with Crippen molar-refractivity contribution >= 4 is 5.91 Å². The molecule has 1 amide bonds. The van der Waals surface area contributed by atoms with Crippen molar-refractivity contribution < 1.29 is 4.79 Å². The van der Waals surface area contributed by atoms with Crippen LogP contribution in [0.15, 0.2) is 18.3 Å². The van der Waals surface area contributed by atoms with Gasteiger partial charge in [0, 0.05) is 36.8 Å². The van der Waals surface area contributed by atoms with Crippen LogP contribution in [0.3, 0.4) is 0 Å². The number of likely N-dealkylation sites (tertiary alicyclic amines) is 1. The number of piperidine rings is 1. The van der Waals surface area contributed by atoms with E-state index in [9.17, 15) is 4.79 Å². The standard InChI is InChI=1S/C17H21N5O/c1-11-9-15(21-20-11)13-3-2-8-22(10-13)17(23)14-6-7-18-16(19-14)12-4-5-12/h6-7,9,12-13H,2-5,8,10H2,1H3,(H,20,21)/t13-/m0/s1. The monoisotopic (exact) mass is 311 g/mol. The van der Waals surface area contributed by atoms with Gasteiger partial charge >= 0.3 is 0 Å². The van der Waals surface area contributed by atoms with Crippen LogP contribution in [-0.2, 0) is 0 Å². The molecule has 1 atom stereocenters. The van der Waals surface area contributed by atoms with E-state index in [-0.39, 0.29) is 5.91 Å². The van der Waals surface area contributed by atoms with Gasteiger partial charge in [-0.3, -0.25) is 9.89 Å². The fourth-order valence-corrected chi connectivity index (χ4v) is 3.24. The van der Waals surface area contributed by atoms with Gasteiger partial charge < -0.3 is 4.90 Å². The average Bonchev–Trinajstić information content (AvgIpc) is 3.36. The molecule has 1 saturated heterocycles. The van der Waals surface area contributed by atoms with E-state index in [2.05, 4.69) is 26.2 Å². The van der Waals surface area contributed by atoms with Crippen molar-refractivity contribution in [2.75, 3.05) is 13.1 Å². The topological polar surface area (TPSA) is 74.8 Å². The van der Waals surface area contributed by atoms with Crippen LogP contribution in [0.1, 0.15) is 65.2 Å². The SMILES string of the molecule is Cc1cc([C@H]2CCCN(C(=O)c3ccnc(C4CC4)n3)C2)n[nH]1. The molecule has 0 radical (unpaired) electrons. The molecule has 2 fully saturated rings. The van der Waals surface area contributed by atoms with Gasteiger partial charge in [0.05, 0.1) is 5.69 Å². The number of carbonyl (C=O) groups excluding carboxylic acids is 1. The first-order valence-corrected chi connectivity index (χ1v) is 8.35. The van der Waals surface area contributed by atoms with E-state index < -0.39 is 0 Å². The molecule has 2 aromatic rings. The van der Waals surface area contributed by atoms with Crippen molar-refractivity contribution in [3.05, 3.63) is 41.2 Å². The highest BCUT2D eigenvalue weighted by atomic mass is 16.2. The summed E-state index contributed by atoms with van der Waals surface area (Å²) in [6, 6.07) is 3.81. The molecule has 4 rings (SSSR count). The Labute approximate surface area is 135 Å². The van der Waals surface area contributed by atoms with Crippen LogP contribution in [0.5, 0.6) is 0 Å². The van der Waals surface area contributed by atoms with Gasteiger partial charge in [-0.25, -0.2) is 9.97 Å². The van der Waals surface area contributed by atoms with Crippen molar-refractivity contribution in [3.63, 3.8) is 0 Å². The highest BCUT2D eigenvalue weighted by molar-refractivity contribution is 5.92. The van der Waals surface area contributed by atoms with Gasteiger partial charge in [-0.2, -0.15) is 5.10 Å². The fourth-order valence-electron chi connectivity index (χ4n) is 3.24. The predicted molar refractivity (Wildman–Crippen MR) is 85.2 cm³/mol. The van der Waals surface area contributed by atoms with Crippen molar-refractivity contribution in [1.29, 1.82) is 0 Å². The molecular formula is C17H21N5O. The minimum absolute atomic E-state index is 0.0197. The third kappa shape index (κ3) is 2.98. The largest absolute Gasteiger partial charge is 0.337 e. The van der Waals surface area contributed by atoms with Gasteiger partial charge in [-0.05, 0) is 44.7 Å².